The van der Waals surface area contributed by atoms with Gasteiger partial charge < -0.3 is 119 Å². The number of methoxy groups -OCH3 is 1. The van der Waals surface area contributed by atoms with Gasteiger partial charge in [0.15, 0.2) is 25.0 Å². The Balaban J connectivity index is 1.06. The second kappa shape index (κ2) is 27.1. The first kappa shape index (κ1) is 60.6. The summed E-state index contributed by atoms with van der Waals surface area (Å²) in [6.07, 6.45) is -26.0. The summed E-state index contributed by atoms with van der Waals surface area (Å²) >= 11 is 0. The van der Waals surface area contributed by atoms with Crippen molar-refractivity contribution >= 4 is 11.9 Å². The third-order valence-electron chi connectivity index (χ3n) is 16.9. The molecule has 0 spiro atoms. The fraction of sp³-hybridized carbons (Fsp3) is 0.882. The Labute approximate surface area is 444 Å². The van der Waals surface area contributed by atoms with Gasteiger partial charge in [0.05, 0.1) is 80.4 Å². The van der Waals surface area contributed by atoms with Crippen molar-refractivity contribution in [3.63, 3.8) is 0 Å². The molecule has 15 unspecified atom stereocenters. The molecular weight excluding hydrogens is 1030 g/mol. The smallest absolute Gasteiger partial charge is 0.330 e. The maximum atomic E-state index is 13.3. The van der Waals surface area contributed by atoms with Gasteiger partial charge in [0.25, 0.3) is 0 Å². The third kappa shape index (κ3) is 14.6. The molecule has 8 fully saturated rings. The number of aliphatic hydroxyl groups excluding tert-OH is 14. The normalized spacial score (nSPS) is 49.1. The van der Waals surface area contributed by atoms with Gasteiger partial charge in [-0.25, -0.2) is 9.59 Å². The van der Waals surface area contributed by atoms with Crippen LogP contribution in [0.5, 0.6) is 0 Å². The predicted octanol–water partition coefficient (Wildman–Crippen LogP) is -4.82. The summed E-state index contributed by atoms with van der Waals surface area (Å²) in [4.78, 5) is 26.5. The molecule has 14 N–H and O–H groups in total. The van der Waals surface area contributed by atoms with Crippen LogP contribution in [0.3, 0.4) is 0 Å². The minimum atomic E-state index is -1.99. The largest absolute Gasteiger partial charge is 0.460 e. The van der Waals surface area contributed by atoms with Crippen molar-refractivity contribution in [2.24, 2.45) is 23.7 Å². The molecule has 29 atom stereocenters. The highest BCUT2D eigenvalue weighted by Gasteiger charge is 2.56. The van der Waals surface area contributed by atoms with E-state index in [0.29, 0.717) is 32.1 Å². The van der Waals surface area contributed by atoms with Crippen molar-refractivity contribution < 1.29 is 128 Å². The first-order valence-corrected chi connectivity index (χ1v) is 27.0. The Kier molecular flexibility index (Phi) is 21.3. The zero-order valence-corrected chi connectivity index (χ0v) is 42.8. The van der Waals surface area contributed by atoms with Crippen LogP contribution in [-0.2, 0) is 57.0 Å². The van der Waals surface area contributed by atoms with E-state index in [1.807, 2.05) is 0 Å². The van der Waals surface area contributed by atoms with Gasteiger partial charge in [-0.05, 0) is 88.4 Å². The van der Waals surface area contributed by atoms with Crippen molar-refractivity contribution in [2.75, 3.05) is 26.9 Å². The van der Waals surface area contributed by atoms with Gasteiger partial charge in [0, 0.05) is 31.6 Å². The molecule has 4 aliphatic heterocycles. The summed E-state index contributed by atoms with van der Waals surface area (Å²) < 4.78 is 60.4. The minimum absolute atomic E-state index is 0.00845. The second-order valence-corrected chi connectivity index (χ2v) is 22.2. The number of ether oxygens (including phenoxy) is 10. The van der Waals surface area contributed by atoms with E-state index in [-0.39, 0.29) is 56.8 Å². The van der Waals surface area contributed by atoms with Gasteiger partial charge in [-0.3, -0.25) is 0 Å². The molecule has 0 radical (unpaired) electrons. The molecule has 26 nitrogen and oxygen atoms in total. The van der Waals surface area contributed by atoms with E-state index in [0.717, 1.165) is 6.08 Å². The Morgan fingerprint density at radius 2 is 1.16 bits per heavy atom. The van der Waals surface area contributed by atoms with Crippen molar-refractivity contribution in [1.82, 2.24) is 0 Å². The summed E-state index contributed by atoms with van der Waals surface area (Å²) in [5.41, 5.74) is 0. The van der Waals surface area contributed by atoms with Crippen molar-refractivity contribution in [3.8, 4) is 0 Å². The number of rotatable bonds is 16. The fourth-order valence-electron chi connectivity index (χ4n) is 12.2. The SMILES string of the molecule is COC1CC(C=CC(=O)OC[C@H]2O[C@@H](OC3CC4C(CC(O)CC4O[C@@H]4O[C@H](CO)[C@@H](O)[C@H](O)[C@H]4O)OC3C3CCC(O)C(O)C3)[C@H](O[C@@H]3OC[C@@H](O)[C@H](O)[C@H]3OC(=O)C=CC3CCC(O)C(O)C3)[C@@H](O)[C@@H]2O)CCC1O. The monoisotopic (exact) mass is 1110 g/mol. The Morgan fingerprint density at radius 1 is 0.519 bits per heavy atom. The van der Waals surface area contributed by atoms with Gasteiger partial charge in [0.1, 0.15) is 67.6 Å². The van der Waals surface area contributed by atoms with Crippen LogP contribution in [0.2, 0.25) is 0 Å². The zero-order chi connectivity index (χ0) is 55.4. The maximum Gasteiger partial charge on any atom is 0.330 e. The molecule has 26 heteroatoms. The topological polar surface area (TPSA) is 410 Å². The lowest BCUT2D eigenvalue weighted by atomic mass is 9.72. The fourth-order valence-corrected chi connectivity index (χ4v) is 12.2. The molecule has 77 heavy (non-hydrogen) atoms. The highest BCUT2D eigenvalue weighted by Crippen LogP contribution is 2.45. The molecule has 4 saturated heterocycles. The number of esters is 2. The molecule has 8 aliphatic rings. The van der Waals surface area contributed by atoms with Crippen molar-refractivity contribution in [2.45, 2.75) is 230 Å². The minimum Gasteiger partial charge on any atom is -0.460 e. The molecule has 0 bridgehead atoms. The van der Waals surface area contributed by atoms with E-state index in [1.54, 1.807) is 6.08 Å². The van der Waals surface area contributed by atoms with Crippen LogP contribution in [0, 0.1) is 23.7 Å². The van der Waals surface area contributed by atoms with Gasteiger partial charge in [-0.15, -0.1) is 0 Å². The number of allylic oxidation sites excluding steroid dienone is 2. The molecule has 4 heterocycles. The van der Waals surface area contributed by atoms with Crippen LogP contribution in [0.25, 0.3) is 0 Å². The van der Waals surface area contributed by atoms with E-state index >= 15 is 0 Å². The predicted molar refractivity (Wildman–Crippen MR) is 255 cm³/mol. The molecule has 8 rings (SSSR count). The summed E-state index contributed by atoms with van der Waals surface area (Å²) in [7, 11) is 1.48. The zero-order valence-electron chi connectivity index (χ0n) is 42.8. The van der Waals surface area contributed by atoms with E-state index < -0.39 is 197 Å². The first-order chi connectivity index (χ1) is 36.7. The van der Waals surface area contributed by atoms with Crippen LogP contribution >= 0.6 is 0 Å². The molecule has 0 aromatic carbocycles. The standard InChI is InChI=1S/C51H80O26/c1-68-34-13-22(3-8-28(34)56)4-10-38(60)69-20-37-42(64)44(66)48(77-50-47(40(62)31(59)19-70-50)76-39(61)11-5-21-2-7-26(54)29(57)12-21)51(75-37)73-35-17-25-32(71-46(35)23-6-9-27(55)30(58)14-23)15-24(53)16-33(25)72-49-45(67)43(65)41(63)36(18-52)74-49/h4-5,10-11,21-37,40-59,62-67H,2-3,6-9,12-20H2,1H3/t21?,22?,23?,24?,25?,26?,27?,28?,29?,30?,31-,32?,33?,34?,35?,36-,37-,40+,41-,42-,43+,44+,45-,46?,47-,48-,49-,50+,51-/m1/s1. The summed E-state index contributed by atoms with van der Waals surface area (Å²) in [5.74, 6) is -3.51. The summed E-state index contributed by atoms with van der Waals surface area (Å²) in [6, 6.07) is 0. The third-order valence-corrected chi connectivity index (χ3v) is 16.9. The lowest BCUT2D eigenvalue weighted by Crippen LogP contribution is -2.65. The Hall–Kier alpha value is -2.46. The van der Waals surface area contributed by atoms with Crippen LogP contribution in [0.1, 0.15) is 77.0 Å². The number of hydrogen-bond acceptors (Lipinski definition) is 26. The van der Waals surface area contributed by atoms with Crippen LogP contribution < -0.4 is 0 Å². The lowest BCUT2D eigenvalue weighted by Gasteiger charge is -2.53. The Bertz CT molecular complexity index is 1950. The second-order valence-electron chi connectivity index (χ2n) is 22.2. The quantitative estimate of drug-likeness (QED) is 0.0509. The molecule has 4 aliphatic carbocycles. The van der Waals surface area contributed by atoms with Gasteiger partial charge in [-0.1, -0.05) is 12.2 Å². The number of aliphatic hydroxyl groups is 14. The highest BCUT2D eigenvalue weighted by atomic mass is 16.8. The van der Waals surface area contributed by atoms with Crippen LogP contribution in [-0.4, -0.2) is 264 Å². The molecule has 0 aromatic rings. The molecular formula is C51H80O26. The van der Waals surface area contributed by atoms with E-state index in [4.69, 9.17) is 47.4 Å². The summed E-state index contributed by atoms with van der Waals surface area (Å²) in [6.45, 7) is -1.95. The van der Waals surface area contributed by atoms with Gasteiger partial charge in [-0.2, -0.15) is 0 Å². The summed E-state index contributed by atoms with van der Waals surface area (Å²) in [5, 5.41) is 151. The van der Waals surface area contributed by atoms with Crippen LogP contribution in [0.4, 0.5) is 0 Å². The van der Waals surface area contributed by atoms with Crippen molar-refractivity contribution in [3.05, 3.63) is 24.3 Å². The number of hydrogen-bond donors (Lipinski definition) is 14. The lowest BCUT2D eigenvalue weighted by molar-refractivity contribution is -0.373. The first-order valence-electron chi connectivity index (χ1n) is 27.0. The van der Waals surface area contributed by atoms with E-state index in [9.17, 15) is 81.1 Å². The molecule has 440 valence electrons. The average molecular weight is 1110 g/mol. The van der Waals surface area contributed by atoms with E-state index in [1.165, 1.54) is 19.3 Å². The average Bonchev–Trinajstić information content (AvgIpc) is 3.42. The number of carbonyl (C=O) groups excluding carboxylic acids is 2. The molecule has 4 saturated carbocycles. The van der Waals surface area contributed by atoms with E-state index in [2.05, 4.69) is 0 Å². The van der Waals surface area contributed by atoms with Crippen LogP contribution in [0.15, 0.2) is 24.3 Å². The molecule has 0 amide bonds. The van der Waals surface area contributed by atoms with Crippen molar-refractivity contribution in [1.29, 1.82) is 0 Å². The maximum absolute atomic E-state index is 13.3. The van der Waals surface area contributed by atoms with Gasteiger partial charge >= 0.3 is 11.9 Å². The highest BCUT2D eigenvalue weighted by molar-refractivity contribution is 5.82. The Morgan fingerprint density at radius 3 is 1.84 bits per heavy atom. The molecule has 0 aromatic heterocycles. The van der Waals surface area contributed by atoms with Gasteiger partial charge in [0.2, 0.25) is 0 Å². The number of carbonyl (C=O) groups is 2. The number of fused-ring (bicyclic) bond motifs is 1.